The van der Waals surface area contributed by atoms with E-state index in [0.29, 0.717) is 28.9 Å². The maximum atomic E-state index is 14.1. The van der Waals surface area contributed by atoms with E-state index in [1.54, 1.807) is 26.3 Å². The second kappa shape index (κ2) is 12.5. The topological polar surface area (TPSA) is 60.8 Å². The van der Waals surface area contributed by atoms with Crippen LogP contribution >= 0.6 is 11.3 Å². The highest BCUT2D eigenvalue weighted by Gasteiger charge is 2.25. The summed E-state index contributed by atoms with van der Waals surface area (Å²) < 4.78 is 26.6. The second-order valence-corrected chi connectivity index (χ2v) is 10.8. The molecular formula is C33H31FN2O4S. The lowest BCUT2D eigenvalue weighted by molar-refractivity contribution is 0.0524. The van der Waals surface area contributed by atoms with Crippen LogP contribution in [-0.2, 0) is 24.4 Å². The summed E-state index contributed by atoms with van der Waals surface area (Å²) in [6, 6.07) is 24.2. The first-order valence-electron chi connectivity index (χ1n) is 13.3. The van der Waals surface area contributed by atoms with Crippen LogP contribution in [0.15, 0.2) is 89.9 Å². The maximum Gasteiger partial charge on any atom is 0.343 e. The number of nitrogens with zero attached hydrogens (tertiary/aromatic N) is 2. The monoisotopic (exact) mass is 570 g/mol. The number of thiophene rings is 1. The van der Waals surface area contributed by atoms with Crippen LogP contribution in [0.5, 0.6) is 5.75 Å². The summed E-state index contributed by atoms with van der Waals surface area (Å²) in [6.07, 6.45) is 1.54. The molecule has 0 fully saturated rings. The van der Waals surface area contributed by atoms with E-state index in [-0.39, 0.29) is 30.0 Å². The summed E-state index contributed by atoms with van der Waals surface area (Å²) >= 11 is 1.49. The fourth-order valence-electron chi connectivity index (χ4n) is 4.95. The number of rotatable bonds is 10. The second-order valence-electron chi connectivity index (χ2n) is 9.83. The number of hydrogen-bond donors (Lipinski definition) is 0. The van der Waals surface area contributed by atoms with Gasteiger partial charge in [0.2, 0.25) is 5.43 Å². The molecule has 0 aliphatic rings. The molecule has 0 aliphatic heterocycles. The van der Waals surface area contributed by atoms with Crippen LogP contribution in [0.2, 0.25) is 0 Å². The van der Waals surface area contributed by atoms with Crippen LogP contribution in [0.4, 0.5) is 4.39 Å². The average molecular weight is 571 g/mol. The maximum absolute atomic E-state index is 14.1. The molecule has 0 aliphatic carbocycles. The zero-order valence-corrected chi connectivity index (χ0v) is 24.0. The van der Waals surface area contributed by atoms with Crippen molar-refractivity contribution < 1.29 is 18.7 Å². The lowest BCUT2D eigenvalue weighted by atomic mass is 10.0. The van der Waals surface area contributed by atoms with E-state index in [1.165, 1.54) is 23.5 Å². The number of halogens is 1. The Morgan fingerprint density at radius 2 is 1.71 bits per heavy atom. The smallest absolute Gasteiger partial charge is 0.343 e. The zero-order chi connectivity index (χ0) is 28.9. The molecule has 5 rings (SSSR count). The van der Waals surface area contributed by atoms with E-state index in [1.807, 2.05) is 60.1 Å². The van der Waals surface area contributed by atoms with Gasteiger partial charge >= 0.3 is 5.97 Å². The van der Waals surface area contributed by atoms with E-state index >= 15 is 0 Å². The van der Waals surface area contributed by atoms with Gasteiger partial charge in [-0.05, 0) is 72.6 Å². The highest BCUT2D eigenvalue weighted by atomic mass is 32.1. The molecule has 0 amide bonds. The highest BCUT2D eigenvalue weighted by Crippen LogP contribution is 2.39. The minimum Gasteiger partial charge on any atom is -0.497 e. The molecule has 0 N–H and O–H groups in total. The molecule has 0 atom stereocenters. The number of fused-ring (bicyclic) bond motifs is 1. The molecule has 6 nitrogen and oxygen atoms in total. The Hall–Kier alpha value is -4.27. The van der Waals surface area contributed by atoms with Gasteiger partial charge in [-0.3, -0.25) is 9.69 Å². The molecule has 0 saturated carbocycles. The zero-order valence-electron chi connectivity index (χ0n) is 23.2. The first-order valence-corrected chi connectivity index (χ1v) is 14.2. The Balaban J connectivity index is 1.72. The molecule has 0 bridgehead atoms. The summed E-state index contributed by atoms with van der Waals surface area (Å²) in [4.78, 5) is 30.8. The number of carbonyl (C=O) groups is 1. The Bertz CT molecular complexity index is 1730. The van der Waals surface area contributed by atoms with Crippen LogP contribution in [0.3, 0.4) is 0 Å². The first kappa shape index (κ1) is 28.3. The summed E-state index contributed by atoms with van der Waals surface area (Å²) in [6.45, 7) is 3.28. The normalized spacial score (nSPS) is 11.2. The summed E-state index contributed by atoms with van der Waals surface area (Å²) in [5.74, 6) is -0.292. The Morgan fingerprint density at radius 3 is 2.39 bits per heavy atom. The Kier molecular flexibility index (Phi) is 8.61. The minimum atomic E-state index is -0.673. The third kappa shape index (κ3) is 6.24. The van der Waals surface area contributed by atoms with Crippen molar-refractivity contribution in [2.45, 2.75) is 26.6 Å². The van der Waals surface area contributed by atoms with E-state index in [9.17, 15) is 14.0 Å². The Morgan fingerprint density at radius 1 is 0.976 bits per heavy atom. The van der Waals surface area contributed by atoms with E-state index in [0.717, 1.165) is 27.3 Å². The summed E-state index contributed by atoms with van der Waals surface area (Å²) in [5.41, 5.74) is 3.22. The number of benzene rings is 3. The van der Waals surface area contributed by atoms with Gasteiger partial charge in [0.1, 0.15) is 22.0 Å². The van der Waals surface area contributed by atoms with Gasteiger partial charge in [0, 0.05) is 30.7 Å². The average Bonchev–Trinajstić information content (AvgIpc) is 3.34. The van der Waals surface area contributed by atoms with Gasteiger partial charge in [0.15, 0.2) is 0 Å². The van der Waals surface area contributed by atoms with Gasteiger partial charge in [-0.15, -0.1) is 11.3 Å². The lowest BCUT2D eigenvalue weighted by Crippen LogP contribution is -2.23. The van der Waals surface area contributed by atoms with Crippen molar-refractivity contribution in [1.82, 2.24) is 9.47 Å². The molecule has 0 unspecified atom stereocenters. The van der Waals surface area contributed by atoms with Crippen LogP contribution in [0.25, 0.3) is 20.7 Å². The number of hydrogen-bond acceptors (Lipinski definition) is 6. The molecule has 0 radical (unpaired) electrons. The SMILES string of the molecule is CCOC(=O)c1cn(Cc2cccc(F)c2)c2sc(-c3ccc(OC)cc3)c(CN(C)Cc3ccccc3)c2c1=O. The number of esters is 1. The summed E-state index contributed by atoms with van der Waals surface area (Å²) in [5, 5.41) is 0.475. The lowest BCUT2D eigenvalue weighted by Gasteiger charge is -2.18. The van der Waals surface area contributed by atoms with Crippen molar-refractivity contribution >= 4 is 27.5 Å². The first-order chi connectivity index (χ1) is 19.9. The van der Waals surface area contributed by atoms with Crippen molar-refractivity contribution in [1.29, 1.82) is 0 Å². The molecule has 0 spiro atoms. The van der Waals surface area contributed by atoms with Gasteiger partial charge in [0.05, 0.1) is 19.1 Å². The molecule has 0 saturated heterocycles. The van der Waals surface area contributed by atoms with Crippen molar-refractivity contribution in [3.8, 4) is 16.2 Å². The quantitative estimate of drug-likeness (QED) is 0.174. The molecule has 210 valence electrons. The van der Waals surface area contributed by atoms with Crippen LogP contribution in [0, 0.1) is 5.82 Å². The molecule has 2 heterocycles. The Labute approximate surface area is 242 Å². The van der Waals surface area contributed by atoms with Gasteiger partial charge in [0.25, 0.3) is 0 Å². The standard InChI is InChI=1S/C33H31FN2O4S/c1-4-40-33(38)28-21-36(19-23-11-8-12-25(34)17-23)32-29(30(28)37)27(20-35(2)18-22-9-6-5-7-10-22)31(41-32)24-13-15-26(39-3)16-14-24/h5-17,21H,4,18-20H2,1-3H3. The van der Waals surface area contributed by atoms with E-state index < -0.39 is 5.97 Å². The molecule has 41 heavy (non-hydrogen) atoms. The van der Waals surface area contributed by atoms with Crippen molar-refractivity contribution in [2.24, 2.45) is 0 Å². The van der Waals surface area contributed by atoms with Crippen molar-refractivity contribution in [2.75, 3.05) is 20.8 Å². The number of ether oxygens (including phenoxy) is 2. The van der Waals surface area contributed by atoms with Gasteiger partial charge in [-0.1, -0.05) is 42.5 Å². The van der Waals surface area contributed by atoms with Crippen LogP contribution in [-0.4, -0.2) is 36.2 Å². The molecule has 3 aromatic carbocycles. The van der Waals surface area contributed by atoms with E-state index in [4.69, 9.17) is 9.47 Å². The van der Waals surface area contributed by atoms with Crippen LogP contribution in [0.1, 0.15) is 34.0 Å². The number of carbonyl (C=O) groups excluding carboxylic acids is 1. The fraction of sp³-hybridized carbons (Fsp3) is 0.212. The largest absolute Gasteiger partial charge is 0.497 e. The highest BCUT2D eigenvalue weighted by molar-refractivity contribution is 7.22. The number of pyridine rings is 1. The number of aromatic nitrogens is 1. The molecule has 8 heteroatoms. The predicted molar refractivity (Wildman–Crippen MR) is 161 cm³/mol. The van der Waals surface area contributed by atoms with E-state index in [2.05, 4.69) is 17.0 Å². The number of methoxy groups -OCH3 is 1. The van der Waals surface area contributed by atoms with Gasteiger partial charge < -0.3 is 14.0 Å². The van der Waals surface area contributed by atoms with Crippen molar-refractivity contribution in [3.63, 3.8) is 0 Å². The fourth-order valence-corrected chi connectivity index (χ4v) is 6.24. The van der Waals surface area contributed by atoms with Crippen LogP contribution < -0.4 is 10.2 Å². The third-order valence-corrected chi connectivity index (χ3v) is 8.14. The predicted octanol–water partition coefficient (Wildman–Crippen LogP) is 6.73. The summed E-state index contributed by atoms with van der Waals surface area (Å²) in [7, 11) is 3.63. The third-order valence-electron chi connectivity index (χ3n) is 6.82. The van der Waals surface area contributed by atoms with Gasteiger partial charge in [-0.2, -0.15) is 0 Å². The molecule has 2 aromatic heterocycles. The minimum absolute atomic E-state index is 0.0400. The van der Waals surface area contributed by atoms with Gasteiger partial charge in [-0.25, -0.2) is 9.18 Å². The molecular weight excluding hydrogens is 539 g/mol. The van der Waals surface area contributed by atoms with Crippen molar-refractivity contribution in [3.05, 3.63) is 123 Å². The molecule has 5 aromatic rings.